The van der Waals surface area contributed by atoms with Crippen molar-refractivity contribution in [3.63, 3.8) is 0 Å². The Morgan fingerprint density at radius 1 is 1.38 bits per heavy atom. The van der Waals surface area contributed by atoms with Crippen LogP contribution in [0.3, 0.4) is 0 Å². The number of hydrogen-bond donors (Lipinski definition) is 0. The molecule has 0 heterocycles. The molecule has 1 atom stereocenters. The van der Waals surface area contributed by atoms with E-state index >= 15 is 0 Å². The van der Waals surface area contributed by atoms with Crippen molar-refractivity contribution in [1.29, 1.82) is 0 Å². The summed E-state index contributed by atoms with van der Waals surface area (Å²) in [7, 11) is 1.51. The van der Waals surface area contributed by atoms with Crippen LogP contribution in [0, 0.1) is 0 Å². The van der Waals surface area contributed by atoms with Crippen LogP contribution in [0.4, 0.5) is 12.9 Å². The van der Waals surface area contributed by atoms with E-state index in [0.29, 0.717) is 0 Å². The monoisotopic (exact) mass is 239 g/mol. The molecule has 0 aromatic carbocycles. The van der Waals surface area contributed by atoms with Crippen LogP contribution in [0.25, 0.3) is 0 Å². The summed E-state index contributed by atoms with van der Waals surface area (Å²) in [6.07, 6.45) is 1.13. The number of thioether (sulfide) groups is 1. The normalized spacial score (nSPS) is 14.1. The Balaban J connectivity index is 0. The molecule has 0 amide bonds. The largest absolute Gasteiger partial charge is 1.00 e. The smallest absolute Gasteiger partial charge is 0.448 e. The first kappa shape index (κ1) is 17.2. The van der Waals surface area contributed by atoms with Gasteiger partial charge in [-0.05, 0) is 26.7 Å². The second kappa shape index (κ2) is 8.01. The Kier molecular flexibility index (Phi) is 10.6. The number of nitrogens with zero attached hydrogens (tertiary/aromatic N) is 1. The predicted octanol–water partition coefficient (Wildman–Crippen LogP) is -0.940. The van der Waals surface area contributed by atoms with Gasteiger partial charge in [0.05, 0.1) is 0 Å². The molecule has 0 spiro atoms. The van der Waals surface area contributed by atoms with Crippen LogP contribution in [0.15, 0.2) is 0 Å². The van der Waals surface area contributed by atoms with E-state index in [1.54, 1.807) is 18.7 Å². The third-order valence-corrected chi connectivity index (χ3v) is 2.47. The van der Waals surface area contributed by atoms with Crippen molar-refractivity contribution in [1.82, 2.24) is 4.90 Å². The zero-order chi connectivity index (χ0) is 9.78. The molecule has 0 radical (unpaired) electrons. The Hall–Kier alpha value is 1.80. The van der Waals surface area contributed by atoms with Crippen LogP contribution in [0.2, 0.25) is 0 Å². The van der Waals surface area contributed by atoms with Gasteiger partial charge in [0, 0.05) is 11.8 Å². The topological polar surface area (TPSA) is 3.24 Å². The molecule has 7 heteroatoms. The minimum atomic E-state index is -4.67. The van der Waals surface area contributed by atoms with Gasteiger partial charge in [-0.2, -0.15) is 11.8 Å². The summed E-state index contributed by atoms with van der Waals surface area (Å²) in [6.45, 7) is -2.87. The molecule has 0 saturated heterocycles. The maximum Gasteiger partial charge on any atom is 1.00 e. The van der Waals surface area contributed by atoms with Crippen molar-refractivity contribution >= 4 is 18.7 Å². The molecule has 0 aliphatic carbocycles. The van der Waals surface area contributed by atoms with Crippen molar-refractivity contribution in [2.75, 3.05) is 25.5 Å². The Morgan fingerprint density at radius 2 is 1.85 bits per heavy atom. The van der Waals surface area contributed by atoms with Crippen LogP contribution in [0.1, 0.15) is 6.92 Å². The minimum Gasteiger partial charge on any atom is -0.448 e. The maximum atomic E-state index is 11.9. The van der Waals surface area contributed by atoms with Gasteiger partial charge in [0.2, 0.25) is 0 Å². The molecule has 1 unspecified atom stereocenters. The van der Waals surface area contributed by atoms with E-state index in [0.717, 1.165) is 5.75 Å². The molecule has 0 bridgehead atoms. The van der Waals surface area contributed by atoms with Crippen LogP contribution in [-0.4, -0.2) is 43.4 Å². The van der Waals surface area contributed by atoms with E-state index in [1.165, 1.54) is 11.9 Å². The van der Waals surface area contributed by atoms with E-state index in [9.17, 15) is 12.9 Å². The van der Waals surface area contributed by atoms with Crippen molar-refractivity contribution in [2.24, 2.45) is 0 Å². The molecule has 13 heavy (non-hydrogen) atoms. The summed E-state index contributed by atoms with van der Waals surface area (Å²) in [5.41, 5.74) is 0. The van der Waals surface area contributed by atoms with Gasteiger partial charge in [-0.15, -0.1) is 0 Å². The average Bonchev–Trinajstić information content (AvgIpc) is 1.84. The zero-order valence-electron chi connectivity index (χ0n) is 8.56. The van der Waals surface area contributed by atoms with Gasteiger partial charge in [0.1, 0.15) is 0 Å². The van der Waals surface area contributed by atoms with Gasteiger partial charge < -0.3 is 17.8 Å². The van der Waals surface area contributed by atoms with E-state index in [4.69, 9.17) is 0 Å². The molecule has 74 valence electrons. The standard InChI is InChI=1S/C6H14BF3NS.K/c1-6(4-12-3)11(2)5-7(8,9)10;/h6H,4-5H2,1-3H3;/q-1;+1. The molecule has 0 aromatic heterocycles. The van der Waals surface area contributed by atoms with Crippen LogP contribution >= 0.6 is 11.8 Å². The Morgan fingerprint density at radius 3 is 2.15 bits per heavy atom. The first-order chi connectivity index (χ1) is 5.37. The van der Waals surface area contributed by atoms with Gasteiger partial charge in [-0.3, -0.25) is 0 Å². The number of halogens is 3. The van der Waals surface area contributed by atoms with Gasteiger partial charge in [-0.1, -0.05) is 0 Å². The van der Waals surface area contributed by atoms with Gasteiger partial charge in [0.15, 0.2) is 0 Å². The Labute approximate surface area is 125 Å². The third kappa shape index (κ3) is 10.1. The summed E-state index contributed by atoms with van der Waals surface area (Å²) < 4.78 is 35.8. The summed E-state index contributed by atoms with van der Waals surface area (Å²) in [4.78, 5) is 1.34. The quantitative estimate of drug-likeness (QED) is 0.570. The predicted molar refractivity (Wildman–Crippen MR) is 49.6 cm³/mol. The molecule has 0 aliphatic rings. The first-order valence-electron chi connectivity index (χ1n) is 3.77. The fraction of sp³-hybridized carbons (Fsp3) is 1.00. The molecular formula is C6H14BF3KNS. The summed E-state index contributed by atoms with van der Waals surface area (Å²) in [6, 6.07) is -0.0106. The molecule has 0 aliphatic heterocycles. The summed E-state index contributed by atoms with van der Waals surface area (Å²) in [5.74, 6) is 0.739. The second-order valence-electron chi connectivity index (χ2n) is 2.95. The first-order valence-corrected chi connectivity index (χ1v) is 5.16. The molecule has 0 fully saturated rings. The van der Waals surface area contributed by atoms with E-state index in [2.05, 4.69) is 0 Å². The Bertz CT molecular complexity index is 136. The molecule has 0 rings (SSSR count). The fourth-order valence-corrected chi connectivity index (χ4v) is 1.61. The minimum absolute atomic E-state index is 0. The van der Waals surface area contributed by atoms with Crippen molar-refractivity contribution in [3.05, 3.63) is 0 Å². The fourth-order valence-electron chi connectivity index (χ4n) is 0.875. The number of hydrogen-bond acceptors (Lipinski definition) is 2. The molecule has 0 saturated carbocycles. The molecule has 0 aromatic rings. The van der Waals surface area contributed by atoms with Crippen molar-refractivity contribution in [3.8, 4) is 0 Å². The van der Waals surface area contributed by atoms with E-state index in [-0.39, 0.29) is 57.4 Å². The van der Waals surface area contributed by atoms with Crippen LogP contribution in [-0.2, 0) is 0 Å². The van der Waals surface area contributed by atoms with Crippen LogP contribution in [0.5, 0.6) is 0 Å². The number of rotatable bonds is 5. The third-order valence-electron chi connectivity index (χ3n) is 1.66. The van der Waals surface area contributed by atoms with E-state index < -0.39 is 13.4 Å². The second-order valence-corrected chi connectivity index (χ2v) is 3.86. The van der Waals surface area contributed by atoms with Crippen molar-refractivity contribution < 1.29 is 64.3 Å². The van der Waals surface area contributed by atoms with E-state index in [1.807, 2.05) is 6.26 Å². The summed E-state index contributed by atoms with van der Waals surface area (Å²) in [5, 5.41) is 0. The average molecular weight is 239 g/mol. The van der Waals surface area contributed by atoms with Crippen molar-refractivity contribution in [2.45, 2.75) is 13.0 Å². The van der Waals surface area contributed by atoms with Crippen LogP contribution < -0.4 is 51.4 Å². The molecular weight excluding hydrogens is 225 g/mol. The van der Waals surface area contributed by atoms with Gasteiger partial charge in [0.25, 0.3) is 0 Å². The molecule has 1 nitrogen and oxygen atoms in total. The maximum absolute atomic E-state index is 11.9. The summed E-state index contributed by atoms with van der Waals surface area (Å²) >= 11 is 1.56. The zero-order valence-corrected chi connectivity index (χ0v) is 12.5. The van der Waals surface area contributed by atoms with Gasteiger partial charge in [-0.25, -0.2) is 0 Å². The molecule has 0 N–H and O–H groups in total. The SMILES string of the molecule is CSCC(C)N(C)C[B-](F)(F)F.[K+]. The van der Waals surface area contributed by atoms with Gasteiger partial charge >= 0.3 is 58.4 Å².